The zero-order chi connectivity index (χ0) is 18.5. The van der Waals surface area contributed by atoms with Crippen LogP contribution in [-0.2, 0) is 5.75 Å². The van der Waals surface area contributed by atoms with Crippen molar-refractivity contribution in [2.24, 2.45) is 0 Å². The number of nitrogens with zero attached hydrogens (tertiary/aromatic N) is 1. The van der Waals surface area contributed by atoms with Gasteiger partial charge < -0.3 is 4.90 Å². The van der Waals surface area contributed by atoms with Gasteiger partial charge in [-0.3, -0.25) is 4.79 Å². The highest BCUT2D eigenvalue weighted by Gasteiger charge is 2.11. The number of carbonyl (C=O) groups is 1. The molecule has 0 fully saturated rings. The van der Waals surface area contributed by atoms with Gasteiger partial charge in [-0.25, -0.2) is 0 Å². The number of carbonyl (C=O) groups excluding carboxylic acids is 1. The first kappa shape index (κ1) is 18.3. The van der Waals surface area contributed by atoms with Crippen molar-refractivity contribution in [1.29, 1.82) is 0 Å². The Bertz CT molecular complexity index is 931. The van der Waals surface area contributed by atoms with Crippen LogP contribution in [0.25, 0.3) is 10.8 Å². The van der Waals surface area contributed by atoms with E-state index in [9.17, 15) is 4.79 Å². The van der Waals surface area contributed by atoms with Crippen molar-refractivity contribution in [3.05, 3.63) is 90.0 Å². The summed E-state index contributed by atoms with van der Waals surface area (Å²) in [5, 5.41) is 2.21. The molecule has 0 aromatic heterocycles. The molecule has 3 aromatic rings. The van der Waals surface area contributed by atoms with Crippen LogP contribution in [-0.4, -0.2) is 25.6 Å². The second-order valence-electron chi connectivity index (χ2n) is 6.55. The number of hydrogen-bond donors (Lipinski definition) is 0. The Morgan fingerprint density at radius 3 is 2.38 bits per heavy atom. The molecule has 0 aliphatic carbocycles. The fourth-order valence-electron chi connectivity index (χ4n) is 2.79. The molecular formula is C23H23NOS. The molecule has 0 amide bonds. The maximum Gasteiger partial charge on any atom is 0.189 e. The second-order valence-corrected chi connectivity index (χ2v) is 7.54. The maximum atomic E-state index is 12.7. The first-order chi connectivity index (χ1) is 12.5. The van der Waals surface area contributed by atoms with Crippen molar-refractivity contribution in [2.75, 3.05) is 24.7 Å². The summed E-state index contributed by atoms with van der Waals surface area (Å²) in [7, 11) is 4.05. The van der Waals surface area contributed by atoms with Crippen molar-refractivity contribution in [3.63, 3.8) is 0 Å². The predicted molar refractivity (Wildman–Crippen MR) is 114 cm³/mol. The molecule has 3 aromatic carbocycles. The number of rotatable bonds is 7. The zero-order valence-corrected chi connectivity index (χ0v) is 16.1. The molecule has 0 N–H and O–H groups in total. The minimum absolute atomic E-state index is 0.0316. The molecule has 0 radical (unpaired) electrons. The van der Waals surface area contributed by atoms with Gasteiger partial charge in [0.05, 0.1) is 0 Å². The van der Waals surface area contributed by atoms with Crippen molar-refractivity contribution >= 4 is 34.0 Å². The summed E-state index contributed by atoms with van der Waals surface area (Å²) in [6.07, 6.45) is 0. The summed E-state index contributed by atoms with van der Waals surface area (Å²) in [5.74, 6) is 1.56. The summed E-state index contributed by atoms with van der Waals surface area (Å²) in [6, 6.07) is 22.4. The van der Waals surface area contributed by atoms with E-state index in [1.165, 1.54) is 5.56 Å². The molecule has 0 saturated carbocycles. The van der Waals surface area contributed by atoms with Gasteiger partial charge in [0.2, 0.25) is 0 Å². The van der Waals surface area contributed by atoms with Crippen molar-refractivity contribution in [2.45, 2.75) is 5.75 Å². The smallest absolute Gasteiger partial charge is 0.189 e. The van der Waals surface area contributed by atoms with Crippen LogP contribution in [0.3, 0.4) is 0 Å². The first-order valence-corrected chi connectivity index (χ1v) is 9.75. The highest BCUT2D eigenvalue weighted by Crippen LogP contribution is 2.24. The van der Waals surface area contributed by atoms with Crippen LogP contribution in [0.4, 0.5) is 5.69 Å². The Labute approximate surface area is 159 Å². The molecule has 0 unspecified atom stereocenters. The molecule has 0 spiro atoms. The SMILES string of the molecule is C=C(CSCc1ccccc1)C(=O)c1ccc2cc(N(C)C)ccc2c1. The third-order valence-corrected chi connectivity index (χ3v) is 5.40. The molecule has 0 heterocycles. The second kappa shape index (κ2) is 8.24. The Balaban J connectivity index is 1.66. The van der Waals surface area contributed by atoms with Gasteiger partial charge in [0, 0.05) is 42.4 Å². The van der Waals surface area contributed by atoms with E-state index in [1.54, 1.807) is 11.8 Å². The van der Waals surface area contributed by atoms with E-state index in [2.05, 4.69) is 41.8 Å². The van der Waals surface area contributed by atoms with E-state index >= 15 is 0 Å². The Morgan fingerprint density at radius 2 is 1.65 bits per heavy atom. The Hall–Kier alpha value is -2.52. The van der Waals surface area contributed by atoms with Crippen LogP contribution in [0.1, 0.15) is 15.9 Å². The van der Waals surface area contributed by atoms with Crippen LogP contribution < -0.4 is 4.90 Å². The lowest BCUT2D eigenvalue weighted by Gasteiger charge is -2.13. The minimum atomic E-state index is 0.0316. The molecule has 3 heteroatoms. The van der Waals surface area contributed by atoms with E-state index < -0.39 is 0 Å². The number of benzene rings is 3. The molecule has 132 valence electrons. The predicted octanol–water partition coefficient (Wildman–Crippen LogP) is 5.58. The van der Waals surface area contributed by atoms with E-state index in [-0.39, 0.29) is 5.78 Å². The number of hydrogen-bond acceptors (Lipinski definition) is 3. The number of ketones is 1. The third kappa shape index (κ3) is 4.36. The Kier molecular flexibility index (Phi) is 5.79. The van der Waals surface area contributed by atoms with Crippen LogP contribution in [0.15, 0.2) is 78.9 Å². The van der Waals surface area contributed by atoms with Crippen molar-refractivity contribution < 1.29 is 4.79 Å². The van der Waals surface area contributed by atoms with Crippen LogP contribution in [0.5, 0.6) is 0 Å². The van der Waals surface area contributed by atoms with Crippen LogP contribution in [0, 0.1) is 0 Å². The standard InChI is InChI=1S/C23H23NOS/c1-17(15-26-16-18-7-5-4-6-8-18)23(25)21-10-9-20-14-22(24(2)3)12-11-19(20)13-21/h4-14H,1,15-16H2,2-3H3. The summed E-state index contributed by atoms with van der Waals surface area (Å²) in [5.41, 5.74) is 3.77. The number of Topliss-reactive ketones (excluding diaryl/α,β-unsaturated/α-hetero) is 1. The summed E-state index contributed by atoms with van der Waals surface area (Å²) < 4.78 is 0. The van der Waals surface area contributed by atoms with Crippen molar-refractivity contribution in [1.82, 2.24) is 0 Å². The highest BCUT2D eigenvalue weighted by atomic mass is 32.2. The number of thioether (sulfide) groups is 1. The first-order valence-electron chi connectivity index (χ1n) is 8.60. The zero-order valence-electron chi connectivity index (χ0n) is 15.2. The van der Waals surface area contributed by atoms with E-state index in [4.69, 9.17) is 0 Å². The average molecular weight is 362 g/mol. The molecule has 0 aliphatic rings. The normalized spacial score (nSPS) is 10.7. The fourth-order valence-corrected chi connectivity index (χ4v) is 3.70. The molecule has 0 aliphatic heterocycles. The third-order valence-electron chi connectivity index (χ3n) is 4.31. The lowest BCUT2D eigenvalue weighted by Crippen LogP contribution is -2.08. The number of fused-ring (bicyclic) bond motifs is 1. The van der Waals surface area contributed by atoms with Gasteiger partial charge in [0.15, 0.2) is 5.78 Å². The largest absolute Gasteiger partial charge is 0.378 e. The monoisotopic (exact) mass is 361 g/mol. The van der Waals surface area contributed by atoms with Gasteiger partial charge in [-0.15, -0.1) is 0 Å². The van der Waals surface area contributed by atoms with Gasteiger partial charge in [0.25, 0.3) is 0 Å². The molecule has 3 rings (SSSR count). The van der Waals surface area contributed by atoms with Gasteiger partial charge in [-0.1, -0.05) is 55.1 Å². The average Bonchev–Trinajstić information content (AvgIpc) is 2.67. The topological polar surface area (TPSA) is 20.3 Å². The van der Waals surface area contributed by atoms with Gasteiger partial charge in [0.1, 0.15) is 0 Å². The maximum absolute atomic E-state index is 12.7. The molecule has 0 saturated heterocycles. The van der Waals surface area contributed by atoms with Crippen molar-refractivity contribution in [3.8, 4) is 0 Å². The van der Waals surface area contributed by atoms with E-state index in [0.29, 0.717) is 16.9 Å². The van der Waals surface area contributed by atoms with E-state index in [0.717, 1.165) is 22.2 Å². The lowest BCUT2D eigenvalue weighted by atomic mass is 10.0. The highest BCUT2D eigenvalue weighted by molar-refractivity contribution is 7.98. The molecule has 2 nitrogen and oxygen atoms in total. The summed E-state index contributed by atoms with van der Waals surface area (Å²) in [6.45, 7) is 4.00. The van der Waals surface area contributed by atoms with E-state index in [1.807, 2.05) is 50.5 Å². The lowest BCUT2D eigenvalue weighted by molar-refractivity contribution is 0.103. The molecule has 0 bridgehead atoms. The van der Waals surface area contributed by atoms with Crippen LogP contribution >= 0.6 is 11.8 Å². The fraction of sp³-hybridized carbons (Fsp3) is 0.174. The van der Waals surface area contributed by atoms with Gasteiger partial charge >= 0.3 is 0 Å². The quantitative estimate of drug-likeness (QED) is 0.405. The van der Waals surface area contributed by atoms with Crippen LogP contribution in [0.2, 0.25) is 0 Å². The molecular weight excluding hydrogens is 338 g/mol. The summed E-state index contributed by atoms with van der Waals surface area (Å²) >= 11 is 1.72. The number of anilines is 1. The summed E-state index contributed by atoms with van der Waals surface area (Å²) in [4.78, 5) is 14.8. The van der Waals surface area contributed by atoms with Gasteiger partial charge in [-0.2, -0.15) is 11.8 Å². The molecule has 0 atom stereocenters. The van der Waals surface area contributed by atoms with Gasteiger partial charge in [-0.05, 0) is 34.5 Å². The molecule has 26 heavy (non-hydrogen) atoms. The minimum Gasteiger partial charge on any atom is -0.378 e. The Morgan fingerprint density at radius 1 is 0.962 bits per heavy atom.